The number of nitrogens with zero attached hydrogens (tertiary/aromatic N) is 5. The van der Waals surface area contributed by atoms with E-state index in [4.69, 9.17) is 19.7 Å². The zero-order chi connectivity index (χ0) is 68.3. The van der Waals surface area contributed by atoms with Crippen LogP contribution >= 0.6 is 0 Å². The number of aliphatic hydroxyl groups excluding tert-OH is 1. The minimum absolute atomic E-state index is 0.0128. The van der Waals surface area contributed by atoms with Crippen LogP contribution in [0.25, 0.3) is 18.2 Å². The van der Waals surface area contributed by atoms with Crippen LogP contribution in [0.15, 0.2) is 146 Å². The van der Waals surface area contributed by atoms with Gasteiger partial charge >= 0.3 is 18.2 Å². The van der Waals surface area contributed by atoms with E-state index in [0.29, 0.717) is 25.6 Å². The predicted molar refractivity (Wildman–Crippen MR) is 382 cm³/mol. The number of hydrogen-bond acceptors (Lipinski definition) is 12. The second kappa shape index (κ2) is 33.9. The first-order valence-electron chi connectivity index (χ1n) is 33.0. The number of amides is 2. The number of nitrogens with one attached hydrogen (secondary N) is 1. The Morgan fingerprint density at radius 2 is 0.851 bits per heavy atom. The molecular weight excluding hydrogens is 1180 g/mol. The number of carboxylic acid groups (broad SMARTS) is 1. The molecule has 3 N–H and O–H groups in total. The molecule has 0 heterocycles. The third-order valence-corrected chi connectivity index (χ3v) is 17.0. The fraction of sp³-hybridized carbons (Fsp3) is 0.405. The van der Waals surface area contributed by atoms with Crippen molar-refractivity contribution in [1.29, 1.82) is 0 Å². The highest BCUT2D eigenvalue weighted by Gasteiger charge is 2.35. The molecule has 15 nitrogen and oxygen atoms in total. The van der Waals surface area contributed by atoms with E-state index < -0.39 is 23.8 Å². The number of aliphatic carboxylic acids is 1. The maximum Gasteiger partial charge on any atom is 0.410 e. The first-order valence-corrected chi connectivity index (χ1v) is 33.0. The van der Waals surface area contributed by atoms with Crippen molar-refractivity contribution in [2.24, 2.45) is 0 Å². The lowest BCUT2D eigenvalue weighted by Crippen LogP contribution is -2.40. The molecule has 0 aromatic heterocycles. The molecule has 6 aromatic rings. The number of benzene rings is 6. The molecule has 6 aromatic carbocycles. The Morgan fingerprint density at radius 3 is 1.22 bits per heavy atom. The first kappa shape index (κ1) is 72.6. The van der Waals surface area contributed by atoms with Crippen LogP contribution in [-0.2, 0) is 62.4 Å². The summed E-state index contributed by atoms with van der Waals surface area (Å²) in [4.78, 5) is 70.1. The molecule has 3 aliphatic carbocycles. The lowest BCUT2D eigenvalue weighted by Gasteiger charge is -2.32. The highest BCUT2D eigenvalue weighted by Crippen LogP contribution is 2.40. The van der Waals surface area contributed by atoms with Crippen molar-refractivity contribution < 1.29 is 43.7 Å². The average molecular weight is 1280 g/mol. The SMILES string of the molecule is CCC(=O)C=Cc1ccc2c(c1)CCC2N(CCc1ccc(N(C)C)cc1)C(=O)OC(C)(C)C.CN(C)c1ccc(CCN(C(=O)OC(C)(C)C)C2CCc3cc(C=CC(=O)O)ccc32)cc1.CN(C)c1ccc(CCNC2CCc3cc(C=CC(=O)CO)ccc32)cc1. The van der Waals surface area contributed by atoms with Crippen LogP contribution < -0.4 is 20.0 Å². The highest BCUT2D eigenvalue weighted by atomic mass is 16.6. The van der Waals surface area contributed by atoms with Crippen LogP contribution in [0, 0.1) is 0 Å². The molecular formula is C79H100N6O9. The number of carboxylic acids is 1. The Bertz CT molecular complexity index is 3610. The molecule has 0 saturated heterocycles. The molecule has 500 valence electrons. The Labute approximate surface area is 558 Å². The molecule has 0 spiro atoms. The van der Waals surface area contributed by atoms with Crippen molar-refractivity contribution in [3.8, 4) is 0 Å². The topological polar surface area (TPSA) is 172 Å². The van der Waals surface area contributed by atoms with Gasteiger partial charge in [0, 0.05) is 91.0 Å². The highest BCUT2D eigenvalue weighted by molar-refractivity contribution is 5.94. The molecule has 0 aliphatic heterocycles. The van der Waals surface area contributed by atoms with Gasteiger partial charge in [0.25, 0.3) is 0 Å². The zero-order valence-electron chi connectivity index (χ0n) is 57.7. The maximum atomic E-state index is 13.2. The van der Waals surface area contributed by atoms with Gasteiger partial charge < -0.3 is 49.5 Å². The van der Waals surface area contributed by atoms with Gasteiger partial charge in [0.2, 0.25) is 0 Å². The van der Waals surface area contributed by atoms with Crippen LogP contribution in [0.3, 0.4) is 0 Å². The van der Waals surface area contributed by atoms with Gasteiger partial charge in [-0.2, -0.15) is 0 Å². The number of aryl methyl sites for hydroxylation is 3. The summed E-state index contributed by atoms with van der Waals surface area (Å²) in [6, 6.07) is 44.5. The van der Waals surface area contributed by atoms with Crippen LogP contribution in [0.4, 0.5) is 26.7 Å². The number of ether oxygens (including phenoxy) is 2. The van der Waals surface area contributed by atoms with E-state index in [1.165, 1.54) is 50.7 Å². The Hall–Kier alpha value is -8.79. The Kier molecular flexibility index (Phi) is 26.2. The largest absolute Gasteiger partial charge is 0.478 e. The summed E-state index contributed by atoms with van der Waals surface area (Å²) in [5.74, 6) is -1.12. The fourth-order valence-corrected chi connectivity index (χ4v) is 11.9. The monoisotopic (exact) mass is 1280 g/mol. The second-order valence-electron chi connectivity index (χ2n) is 27.1. The summed E-state index contributed by atoms with van der Waals surface area (Å²) in [5.41, 5.74) is 16.4. The smallest absolute Gasteiger partial charge is 0.410 e. The number of fused-ring (bicyclic) bond motifs is 3. The Balaban J connectivity index is 0.000000201. The number of ketones is 2. The van der Waals surface area contributed by atoms with Crippen molar-refractivity contribution >= 4 is 65.0 Å². The third kappa shape index (κ3) is 21.9. The summed E-state index contributed by atoms with van der Waals surface area (Å²) in [6.45, 7) is 14.9. The molecule has 94 heavy (non-hydrogen) atoms. The van der Waals surface area contributed by atoms with E-state index in [1.807, 2.05) is 123 Å². The number of hydrogen-bond donors (Lipinski definition) is 3. The first-order chi connectivity index (χ1) is 44.7. The molecule has 3 unspecified atom stereocenters. The standard InChI is InChI=1S/C29H38N2O3.C27H34N2O4.C23H28N2O2/c1-7-25(32)15-10-22-11-16-26-23(20-22)12-17-27(26)31(28(33)34-29(2,3)4)19-18-21-8-13-24(14-9-21)30(5)6;1-27(2,3)33-26(32)29(17-16-19-6-11-22(12-7-19)28(4)5)24-14-10-21-18-20(8-13-23(21)24)9-15-25(30)31;1-25(2)20-8-3-17(4-9-20)13-14-24-23-12-7-19-15-18(6-11-22(19)23)5-10-21(27)16-26/h8-11,13-16,20,27H,7,12,17-19H2,1-6H3;6-9,11-13,15,18,24H,10,14,16-17H2,1-5H3,(H,30,31);3-6,8-11,15,23-24,26H,7,12-14,16H2,1-2H3. The van der Waals surface area contributed by atoms with Gasteiger partial charge in [0.15, 0.2) is 11.6 Å². The zero-order valence-corrected chi connectivity index (χ0v) is 57.7. The average Bonchev–Trinajstić information content (AvgIpc) is 1.65. The van der Waals surface area contributed by atoms with Gasteiger partial charge in [-0.1, -0.05) is 110 Å². The summed E-state index contributed by atoms with van der Waals surface area (Å²) >= 11 is 0. The number of allylic oxidation sites excluding steroid dienone is 1. The lowest BCUT2D eigenvalue weighted by molar-refractivity contribution is -0.131. The van der Waals surface area contributed by atoms with Gasteiger partial charge in [0.05, 0.1) is 12.1 Å². The van der Waals surface area contributed by atoms with E-state index >= 15 is 0 Å². The van der Waals surface area contributed by atoms with E-state index in [9.17, 15) is 24.0 Å². The maximum absolute atomic E-state index is 13.2. The third-order valence-electron chi connectivity index (χ3n) is 17.0. The van der Waals surface area contributed by atoms with Gasteiger partial charge in [-0.25, -0.2) is 14.4 Å². The van der Waals surface area contributed by atoms with E-state index in [1.54, 1.807) is 18.2 Å². The minimum Gasteiger partial charge on any atom is -0.478 e. The molecule has 0 saturated carbocycles. The van der Waals surface area contributed by atoms with Gasteiger partial charge in [-0.3, -0.25) is 9.59 Å². The number of carbonyl (C=O) groups is 5. The van der Waals surface area contributed by atoms with Crippen molar-refractivity contribution in [1.82, 2.24) is 15.1 Å². The number of aliphatic hydroxyl groups is 1. The number of anilines is 3. The lowest BCUT2D eigenvalue weighted by atomic mass is 10.0. The van der Waals surface area contributed by atoms with Crippen molar-refractivity contribution in [2.75, 3.05) is 83.2 Å². The summed E-state index contributed by atoms with van der Waals surface area (Å²) < 4.78 is 11.6. The molecule has 2 amide bonds. The molecule has 3 aliphatic rings. The van der Waals surface area contributed by atoms with Crippen LogP contribution in [0.5, 0.6) is 0 Å². The van der Waals surface area contributed by atoms with Crippen LogP contribution in [0.2, 0.25) is 0 Å². The van der Waals surface area contributed by atoms with E-state index in [-0.39, 0.29) is 35.8 Å². The predicted octanol–water partition coefficient (Wildman–Crippen LogP) is 14.7. The van der Waals surface area contributed by atoms with Crippen molar-refractivity contribution in [3.63, 3.8) is 0 Å². The number of rotatable bonds is 23. The molecule has 3 atom stereocenters. The molecule has 15 heteroatoms. The van der Waals surface area contributed by atoms with Gasteiger partial charge in [0.1, 0.15) is 17.8 Å². The molecule has 9 rings (SSSR count). The minimum atomic E-state index is -0.969. The van der Waals surface area contributed by atoms with Crippen molar-refractivity contribution in [2.45, 2.75) is 142 Å². The normalized spacial score (nSPS) is 15.5. The Morgan fingerprint density at radius 1 is 0.489 bits per heavy atom. The summed E-state index contributed by atoms with van der Waals surface area (Å²) in [5, 5.41) is 21.4. The van der Waals surface area contributed by atoms with Crippen molar-refractivity contribution in [3.05, 3.63) is 212 Å². The molecule has 0 fully saturated rings. The quantitative estimate of drug-likeness (QED) is 0.0518. The fourth-order valence-electron chi connectivity index (χ4n) is 11.9. The van der Waals surface area contributed by atoms with E-state index in [0.717, 1.165) is 110 Å². The van der Waals surface area contributed by atoms with Crippen LogP contribution in [-0.4, -0.2) is 129 Å². The number of carbonyl (C=O) groups excluding carboxylic acids is 4. The van der Waals surface area contributed by atoms with Gasteiger partial charge in [-0.05, 0) is 227 Å². The van der Waals surface area contributed by atoms with Gasteiger partial charge in [-0.15, -0.1) is 0 Å². The van der Waals surface area contributed by atoms with Crippen LogP contribution in [0.1, 0.15) is 159 Å². The second-order valence-corrected chi connectivity index (χ2v) is 27.1. The summed E-state index contributed by atoms with van der Waals surface area (Å²) in [6.07, 6.45) is 17.5. The summed E-state index contributed by atoms with van der Waals surface area (Å²) in [7, 11) is 12.2. The molecule has 0 bridgehead atoms. The van der Waals surface area contributed by atoms with E-state index in [2.05, 4.69) is 131 Å². The molecule has 0 radical (unpaired) electrons.